The minimum absolute atomic E-state index is 0.156. The van der Waals surface area contributed by atoms with Crippen LogP contribution in [0.2, 0.25) is 0 Å². The third-order valence-corrected chi connectivity index (χ3v) is 6.47. The molecule has 1 aliphatic rings. The maximum atomic E-state index is 5.56. The Morgan fingerprint density at radius 1 is 1.14 bits per heavy atom. The highest BCUT2D eigenvalue weighted by Gasteiger charge is 2.30. The van der Waals surface area contributed by atoms with E-state index in [0.29, 0.717) is 0 Å². The number of methoxy groups -OCH3 is 2. The summed E-state index contributed by atoms with van der Waals surface area (Å²) < 4.78 is 13.1. The lowest BCUT2D eigenvalue weighted by Crippen LogP contribution is -2.36. The van der Waals surface area contributed by atoms with E-state index < -0.39 is 0 Å². The van der Waals surface area contributed by atoms with Gasteiger partial charge in [-0.3, -0.25) is 4.90 Å². The van der Waals surface area contributed by atoms with Crippen LogP contribution in [-0.2, 0) is 13.1 Å². The number of rotatable bonds is 5. The zero-order valence-electron chi connectivity index (χ0n) is 16.9. The average Bonchev–Trinajstić information content (AvgIpc) is 3.28. The lowest BCUT2D eigenvalue weighted by atomic mass is 10.1. The van der Waals surface area contributed by atoms with E-state index in [2.05, 4.69) is 44.6 Å². The summed E-state index contributed by atoms with van der Waals surface area (Å²) in [6.07, 6.45) is 0. The fourth-order valence-corrected chi connectivity index (χ4v) is 4.48. The highest BCUT2D eigenvalue weighted by molar-refractivity contribution is 7.15. The molecule has 0 saturated heterocycles. The van der Waals surface area contributed by atoms with E-state index in [1.54, 1.807) is 25.6 Å². The van der Waals surface area contributed by atoms with Gasteiger partial charge in [-0.25, -0.2) is 4.98 Å². The molecular weight excluding hydrogens is 374 g/mol. The second-order valence-corrected chi connectivity index (χ2v) is 8.22. The standard InChI is InChI=1S/C20H25N5O2S/c1-12-14(3)28-20(21-12)19-23-22-18-13(2)24(8-9-25(18)19)11-15-6-7-16(26-4)10-17(15)27-5/h6-7,10,13H,8-9,11H2,1-5H3/t13-/m0/s1. The Labute approximate surface area is 168 Å². The second-order valence-electron chi connectivity index (χ2n) is 7.02. The van der Waals surface area contributed by atoms with Crippen molar-refractivity contribution in [1.82, 2.24) is 24.6 Å². The number of aromatic nitrogens is 4. The van der Waals surface area contributed by atoms with Gasteiger partial charge in [0.2, 0.25) is 0 Å². The first-order valence-corrected chi connectivity index (χ1v) is 10.2. The number of nitrogens with zero attached hydrogens (tertiary/aromatic N) is 5. The van der Waals surface area contributed by atoms with Crippen molar-refractivity contribution in [2.45, 2.75) is 39.9 Å². The molecule has 0 saturated carbocycles. The summed E-state index contributed by atoms with van der Waals surface area (Å²) in [5.74, 6) is 3.50. The maximum absolute atomic E-state index is 5.56. The van der Waals surface area contributed by atoms with Crippen molar-refractivity contribution in [3.8, 4) is 22.3 Å². The number of hydrogen-bond acceptors (Lipinski definition) is 7. The molecule has 1 atom stereocenters. The third kappa shape index (κ3) is 3.27. The molecule has 2 aromatic heterocycles. The first kappa shape index (κ1) is 18.9. The molecule has 28 heavy (non-hydrogen) atoms. The van der Waals surface area contributed by atoms with Gasteiger partial charge in [0.15, 0.2) is 16.7 Å². The van der Waals surface area contributed by atoms with Crippen LogP contribution in [0.5, 0.6) is 11.5 Å². The lowest BCUT2D eigenvalue weighted by Gasteiger charge is -2.33. The Morgan fingerprint density at radius 3 is 2.64 bits per heavy atom. The Hall–Kier alpha value is -2.45. The normalized spacial score (nSPS) is 16.8. The van der Waals surface area contributed by atoms with Crippen molar-refractivity contribution in [2.75, 3.05) is 20.8 Å². The van der Waals surface area contributed by atoms with Crippen LogP contribution >= 0.6 is 11.3 Å². The maximum Gasteiger partial charge on any atom is 0.193 e. The molecule has 148 valence electrons. The van der Waals surface area contributed by atoms with Crippen LogP contribution in [0.25, 0.3) is 10.8 Å². The summed E-state index contributed by atoms with van der Waals surface area (Å²) >= 11 is 1.68. The molecule has 0 amide bonds. The average molecular weight is 400 g/mol. The molecule has 8 heteroatoms. The van der Waals surface area contributed by atoms with Crippen molar-refractivity contribution in [2.24, 2.45) is 0 Å². The molecule has 0 radical (unpaired) electrons. The van der Waals surface area contributed by atoms with Crippen molar-refractivity contribution < 1.29 is 9.47 Å². The number of hydrogen-bond donors (Lipinski definition) is 0. The van der Waals surface area contributed by atoms with Gasteiger partial charge in [0.05, 0.1) is 26.0 Å². The molecule has 0 N–H and O–H groups in total. The first-order valence-electron chi connectivity index (χ1n) is 9.34. The number of thiazole rings is 1. The van der Waals surface area contributed by atoms with Gasteiger partial charge in [0.25, 0.3) is 0 Å². The van der Waals surface area contributed by atoms with Crippen LogP contribution in [0.3, 0.4) is 0 Å². The van der Waals surface area contributed by atoms with Gasteiger partial charge < -0.3 is 14.0 Å². The molecule has 4 rings (SSSR count). The zero-order valence-corrected chi connectivity index (χ0v) is 17.7. The van der Waals surface area contributed by atoms with Crippen LogP contribution in [-0.4, -0.2) is 45.4 Å². The molecule has 3 aromatic rings. The summed E-state index contributed by atoms with van der Waals surface area (Å²) in [4.78, 5) is 8.29. The molecule has 3 heterocycles. The molecule has 0 spiro atoms. The molecule has 7 nitrogen and oxygen atoms in total. The van der Waals surface area contributed by atoms with Gasteiger partial charge >= 0.3 is 0 Å². The number of fused-ring (bicyclic) bond motifs is 1. The van der Waals surface area contributed by atoms with E-state index >= 15 is 0 Å². The van der Waals surface area contributed by atoms with Crippen LogP contribution in [0.1, 0.15) is 34.9 Å². The Kier molecular flexibility index (Phi) is 5.07. The Morgan fingerprint density at radius 2 is 1.96 bits per heavy atom. The smallest absolute Gasteiger partial charge is 0.193 e. The Bertz CT molecular complexity index is 977. The van der Waals surface area contributed by atoms with Crippen LogP contribution in [0.15, 0.2) is 18.2 Å². The van der Waals surface area contributed by atoms with Gasteiger partial charge in [-0.05, 0) is 26.8 Å². The topological polar surface area (TPSA) is 65.3 Å². The largest absolute Gasteiger partial charge is 0.497 e. The molecule has 0 bridgehead atoms. The molecule has 1 aliphatic heterocycles. The van der Waals surface area contributed by atoms with Gasteiger partial charge in [-0.1, -0.05) is 6.07 Å². The lowest BCUT2D eigenvalue weighted by molar-refractivity contribution is 0.155. The van der Waals surface area contributed by atoms with E-state index in [4.69, 9.17) is 9.47 Å². The molecule has 0 unspecified atom stereocenters. The summed E-state index contributed by atoms with van der Waals surface area (Å²) in [6.45, 7) is 8.85. The minimum atomic E-state index is 0.156. The molecule has 1 aromatic carbocycles. The predicted octanol–water partition coefficient (Wildman–Crippen LogP) is 3.61. The number of ether oxygens (including phenoxy) is 2. The highest BCUT2D eigenvalue weighted by Crippen LogP contribution is 2.33. The first-order chi connectivity index (χ1) is 13.5. The SMILES string of the molecule is COc1ccc(CN2CCn3c(-c4nc(C)c(C)s4)nnc3[C@@H]2C)c(OC)c1. The predicted molar refractivity (Wildman–Crippen MR) is 109 cm³/mol. The molecule has 0 fully saturated rings. The Balaban J connectivity index is 1.59. The van der Waals surface area contributed by atoms with Crippen molar-refractivity contribution in [1.29, 1.82) is 0 Å². The van der Waals surface area contributed by atoms with Crippen molar-refractivity contribution in [3.63, 3.8) is 0 Å². The van der Waals surface area contributed by atoms with E-state index in [1.807, 2.05) is 19.1 Å². The highest BCUT2D eigenvalue weighted by atomic mass is 32.1. The summed E-state index contributed by atoms with van der Waals surface area (Å²) in [5, 5.41) is 9.92. The van der Waals surface area contributed by atoms with Gasteiger partial charge in [-0.2, -0.15) is 0 Å². The van der Waals surface area contributed by atoms with Crippen molar-refractivity contribution >= 4 is 11.3 Å². The third-order valence-electron chi connectivity index (χ3n) is 5.40. The van der Waals surface area contributed by atoms with E-state index in [9.17, 15) is 0 Å². The van der Waals surface area contributed by atoms with E-state index in [0.717, 1.165) is 59.0 Å². The van der Waals surface area contributed by atoms with Crippen LogP contribution < -0.4 is 9.47 Å². The fourth-order valence-electron chi connectivity index (χ4n) is 3.57. The fraction of sp³-hybridized carbons (Fsp3) is 0.450. The van der Waals surface area contributed by atoms with Crippen molar-refractivity contribution in [3.05, 3.63) is 40.2 Å². The quantitative estimate of drug-likeness (QED) is 0.653. The summed E-state index contributed by atoms with van der Waals surface area (Å²) in [7, 11) is 3.36. The van der Waals surface area contributed by atoms with Gasteiger partial charge in [-0.15, -0.1) is 21.5 Å². The van der Waals surface area contributed by atoms with E-state index in [-0.39, 0.29) is 6.04 Å². The van der Waals surface area contributed by atoms with Gasteiger partial charge in [0, 0.05) is 36.1 Å². The van der Waals surface area contributed by atoms with E-state index in [1.165, 1.54) is 4.88 Å². The van der Waals surface area contributed by atoms with Crippen LogP contribution in [0.4, 0.5) is 0 Å². The van der Waals surface area contributed by atoms with Gasteiger partial charge in [0.1, 0.15) is 11.5 Å². The molecule has 0 aliphatic carbocycles. The summed E-state index contributed by atoms with van der Waals surface area (Å²) in [6, 6.07) is 6.12. The number of benzene rings is 1. The number of aryl methyl sites for hydroxylation is 2. The zero-order chi connectivity index (χ0) is 19.8. The van der Waals surface area contributed by atoms with Crippen LogP contribution in [0, 0.1) is 13.8 Å². The summed E-state index contributed by atoms with van der Waals surface area (Å²) in [5.41, 5.74) is 2.20. The molecular formula is C20H25N5O2S. The monoisotopic (exact) mass is 399 g/mol. The minimum Gasteiger partial charge on any atom is -0.497 e. The second kappa shape index (κ2) is 7.52.